The molecule has 0 heterocycles. The van der Waals surface area contributed by atoms with E-state index >= 15 is 0 Å². The predicted octanol–water partition coefficient (Wildman–Crippen LogP) is 5.82. The second-order valence-corrected chi connectivity index (χ2v) is 4.79. The maximum absolute atomic E-state index is 11.8. The van der Waals surface area contributed by atoms with Gasteiger partial charge in [0.15, 0.2) is 0 Å². The molecule has 26 heavy (non-hydrogen) atoms. The summed E-state index contributed by atoms with van der Waals surface area (Å²) in [5, 5.41) is 6.76. The normalized spacial score (nSPS) is 8.81. The molecule has 6 heteroatoms. The van der Waals surface area contributed by atoms with Crippen LogP contribution in [0.4, 0.5) is 13.2 Å². The molecule has 0 aliphatic rings. The first-order chi connectivity index (χ1) is 11.8. The summed E-state index contributed by atoms with van der Waals surface area (Å²) >= 11 is 0. The average molecular weight is 393 g/mol. The number of hydrogen-bond acceptors (Lipinski definition) is 1. The zero-order chi connectivity index (χ0) is 19.1. The number of benzene rings is 1. The zero-order valence-electron chi connectivity index (χ0n) is 14.4. The molecule has 0 N–H and O–H groups in total. The molecular weight excluding hydrogens is 375 g/mol. The molecule has 0 amide bonds. The molecule has 0 aromatic heterocycles. The van der Waals surface area contributed by atoms with E-state index in [0.717, 1.165) is 6.07 Å². The van der Waals surface area contributed by atoms with E-state index in [0.29, 0.717) is 6.08 Å². The first-order valence-electron chi connectivity index (χ1n) is 7.23. The topological polar surface area (TPSA) is 39.4 Å². The summed E-state index contributed by atoms with van der Waals surface area (Å²) in [6.07, 6.45) is -3.76. The van der Waals surface area contributed by atoms with Crippen LogP contribution < -0.4 is 0 Å². The van der Waals surface area contributed by atoms with Crippen molar-refractivity contribution in [3.63, 3.8) is 0 Å². The van der Waals surface area contributed by atoms with Gasteiger partial charge in [0.25, 0.3) is 0 Å². The summed E-state index contributed by atoms with van der Waals surface area (Å²) < 4.78 is 35.3. The summed E-state index contributed by atoms with van der Waals surface area (Å²) in [5.41, 5.74) is 1.96. The summed E-state index contributed by atoms with van der Waals surface area (Å²) in [6.45, 7) is 4.17. The Bertz CT molecular complexity index is 652. The Morgan fingerprint density at radius 1 is 0.923 bits per heavy atom. The van der Waals surface area contributed by atoms with Crippen molar-refractivity contribution in [2.24, 2.45) is 0 Å². The Hall–Kier alpha value is -2.20. The minimum atomic E-state index is -4.26. The Balaban J connectivity index is 0. The molecule has 2 nitrogen and oxygen atoms in total. The van der Waals surface area contributed by atoms with Crippen molar-refractivity contribution in [3.8, 4) is 0 Å². The van der Waals surface area contributed by atoms with Crippen LogP contribution in [0.5, 0.6) is 0 Å². The molecule has 0 aliphatic heterocycles. The molecular formula is C20H18F3NOTi. The maximum atomic E-state index is 11.8. The van der Waals surface area contributed by atoms with Crippen molar-refractivity contribution in [1.82, 2.24) is 0 Å². The molecule has 0 saturated carbocycles. The van der Waals surface area contributed by atoms with Crippen LogP contribution in [0.1, 0.15) is 16.7 Å². The molecule has 0 radical (unpaired) electrons. The Morgan fingerprint density at radius 2 is 1.31 bits per heavy atom. The van der Waals surface area contributed by atoms with Gasteiger partial charge in [-0.1, -0.05) is 19.4 Å². The van der Waals surface area contributed by atoms with E-state index in [2.05, 4.69) is 44.2 Å². The molecule has 0 atom stereocenters. The summed E-state index contributed by atoms with van der Waals surface area (Å²) in [4.78, 5) is 8.24. The first-order valence-corrected chi connectivity index (χ1v) is 7.23. The fourth-order valence-corrected chi connectivity index (χ4v) is 1.51. The Labute approximate surface area is 166 Å². The molecule has 0 unspecified atom stereocenters. The minimum Gasteiger partial charge on any atom is -0.724 e. The fourth-order valence-electron chi connectivity index (χ4n) is 1.51. The molecule has 3 aromatic rings. The van der Waals surface area contributed by atoms with E-state index in [4.69, 9.17) is 10.2 Å². The van der Waals surface area contributed by atoms with E-state index in [1.165, 1.54) is 29.3 Å². The average Bonchev–Trinajstić information content (AvgIpc) is 3.23. The Morgan fingerprint density at radius 3 is 1.46 bits per heavy atom. The van der Waals surface area contributed by atoms with Crippen molar-refractivity contribution < 1.29 is 39.7 Å². The third kappa shape index (κ3) is 14.2. The standard InChI is InChI=1S/C7H4F3.2C6H7.CNO.Ti/c8-7(9,10)6-4-2-1-3-5-6;2*1-6-4-2-3-5-6;2-1-3;/h1-4H;2*2-5H,1H3;;/q4*-1;+4. The van der Waals surface area contributed by atoms with E-state index in [9.17, 15) is 13.2 Å². The number of rotatable bonds is 0. The number of halogens is 3. The van der Waals surface area contributed by atoms with E-state index in [-0.39, 0.29) is 21.7 Å². The van der Waals surface area contributed by atoms with Crippen LogP contribution in [-0.4, -0.2) is 6.08 Å². The number of isocyanates is 1. The van der Waals surface area contributed by atoms with E-state index in [1.807, 2.05) is 24.3 Å². The second-order valence-electron chi connectivity index (χ2n) is 4.79. The van der Waals surface area contributed by atoms with Crippen molar-refractivity contribution in [2.45, 2.75) is 20.0 Å². The second kappa shape index (κ2) is 15.1. The van der Waals surface area contributed by atoms with Crippen LogP contribution in [-0.2, 0) is 32.7 Å². The van der Waals surface area contributed by atoms with Gasteiger partial charge in [-0.3, -0.25) is 4.79 Å². The van der Waals surface area contributed by atoms with Crippen molar-refractivity contribution >= 4 is 6.08 Å². The third-order valence-corrected chi connectivity index (χ3v) is 2.67. The SMILES string of the molecule is C[c-]1cccc1.C[c-]1cccc1.FC(F)(F)c1[c-]cccc1.[N-]=C=O.[Ti+4]. The van der Waals surface area contributed by atoms with Crippen LogP contribution in [0.25, 0.3) is 5.41 Å². The molecule has 0 saturated heterocycles. The van der Waals surface area contributed by atoms with Gasteiger partial charge in [-0.15, -0.1) is 0 Å². The zero-order valence-corrected chi connectivity index (χ0v) is 16.0. The van der Waals surface area contributed by atoms with E-state index < -0.39 is 11.7 Å². The molecule has 0 spiro atoms. The number of hydrogen-bond donors (Lipinski definition) is 0. The summed E-state index contributed by atoms with van der Waals surface area (Å²) in [7, 11) is 0. The first kappa shape index (κ1) is 26.0. The van der Waals surface area contributed by atoms with Gasteiger partial charge in [0.1, 0.15) is 0 Å². The smallest absolute Gasteiger partial charge is 0.724 e. The molecule has 0 fully saturated rings. The quantitative estimate of drug-likeness (QED) is 0.205. The predicted molar refractivity (Wildman–Crippen MR) is 92.9 cm³/mol. The van der Waals surface area contributed by atoms with Crippen LogP contribution in [0.2, 0.25) is 0 Å². The minimum absolute atomic E-state index is 0. The fraction of sp³-hybridized carbons (Fsp3) is 0.150. The van der Waals surface area contributed by atoms with Gasteiger partial charge in [-0.2, -0.15) is 78.9 Å². The monoisotopic (exact) mass is 393 g/mol. The van der Waals surface area contributed by atoms with Crippen LogP contribution >= 0.6 is 0 Å². The van der Waals surface area contributed by atoms with Gasteiger partial charge >= 0.3 is 27.9 Å². The Kier molecular flexibility index (Phi) is 15.1. The molecule has 0 aliphatic carbocycles. The van der Waals surface area contributed by atoms with Gasteiger partial charge < -0.3 is 5.41 Å². The number of alkyl halides is 3. The van der Waals surface area contributed by atoms with Crippen LogP contribution in [0, 0.1) is 19.9 Å². The van der Waals surface area contributed by atoms with Crippen LogP contribution in [0.3, 0.4) is 0 Å². The number of carbonyl (C=O) groups excluding carboxylic acids is 1. The maximum Gasteiger partial charge on any atom is 4.00 e. The van der Waals surface area contributed by atoms with Crippen LogP contribution in [0.15, 0.2) is 72.8 Å². The summed E-state index contributed by atoms with van der Waals surface area (Å²) in [5.74, 6) is 0. The molecule has 3 aromatic carbocycles. The third-order valence-electron chi connectivity index (χ3n) is 2.67. The van der Waals surface area contributed by atoms with Gasteiger partial charge in [-0.05, 0) is 6.08 Å². The largest absolute Gasteiger partial charge is 4.00 e. The van der Waals surface area contributed by atoms with Gasteiger partial charge in [-0.25, -0.2) is 24.3 Å². The number of nitrogens with zero attached hydrogens (tertiary/aromatic N) is 1. The van der Waals surface area contributed by atoms with Crippen molar-refractivity contribution in [2.75, 3.05) is 0 Å². The van der Waals surface area contributed by atoms with Gasteiger partial charge in [0.05, 0.1) is 0 Å². The molecule has 3 rings (SSSR count). The number of aryl methyl sites for hydroxylation is 2. The van der Waals surface area contributed by atoms with Gasteiger partial charge in [0.2, 0.25) is 0 Å². The molecule has 134 valence electrons. The van der Waals surface area contributed by atoms with E-state index in [1.54, 1.807) is 0 Å². The van der Waals surface area contributed by atoms with Crippen molar-refractivity contribution in [3.05, 3.63) is 101 Å². The van der Waals surface area contributed by atoms with Crippen molar-refractivity contribution in [1.29, 1.82) is 0 Å². The van der Waals surface area contributed by atoms with Gasteiger partial charge in [0, 0.05) is 0 Å². The molecule has 0 bridgehead atoms. The summed E-state index contributed by atoms with van der Waals surface area (Å²) in [6, 6.07) is 23.6.